The van der Waals surface area contributed by atoms with Crippen molar-refractivity contribution in [3.8, 4) is 0 Å². The van der Waals surface area contributed by atoms with Gasteiger partial charge in [0.05, 0.1) is 13.2 Å². The number of rotatable bonds is 7. The van der Waals surface area contributed by atoms with Gasteiger partial charge in [-0.15, -0.1) is 0 Å². The lowest BCUT2D eigenvalue weighted by Gasteiger charge is -2.22. The summed E-state index contributed by atoms with van der Waals surface area (Å²) >= 11 is 3.18. The van der Waals surface area contributed by atoms with Gasteiger partial charge in [-0.2, -0.15) is 0 Å². The summed E-state index contributed by atoms with van der Waals surface area (Å²) < 4.78 is 38.4. The second-order valence-electron chi connectivity index (χ2n) is 5.06. The van der Waals surface area contributed by atoms with E-state index in [1.807, 2.05) is 0 Å². The molecule has 0 saturated carbocycles. The number of hydrogen-bond donors (Lipinski definition) is 2. The first-order valence-electron chi connectivity index (χ1n) is 7.12. The Hall–Kier alpha value is -0.410. The lowest BCUT2D eigenvalue weighted by Crippen LogP contribution is -2.40. The van der Waals surface area contributed by atoms with Gasteiger partial charge in [0.25, 0.3) is 0 Å². The maximum Gasteiger partial charge on any atom is 0.245 e. The van der Waals surface area contributed by atoms with Crippen molar-refractivity contribution < 1.29 is 17.6 Å². The Labute approximate surface area is 133 Å². The van der Waals surface area contributed by atoms with Crippen LogP contribution in [0, 0.1) is 0 Å². The highest BCUT2D eigenvalue weighted by molar-refractivity contribution is 9.10. The van der Waals surface area contributed by atoms with Gasteiger partial charge >= 0.3 is 0 Å². The second kappa shape index (κ2) is 7.73. The Balaban J connectivity index is 2.04. The third kappa shape index (κ3) is 4.79. The summed E-state index contributed by atoms with van der Waals surface area (Å²) in [5.74, 6) is 0.593. The largest absolute Gasteiger partial charge is 0.452 e. The lowest BCUT2D eigenvalue weighted by atomic mass is 10.1. The van der Waals surface area contributed by atoms with Crippen LogP contribution in [0.3, 0.4) is 0 Å². The molecule has 2 N–H and O–H groups in total. The van der Waals surface area contributed by atoms with E-state index in [4.69, 9.17) is 9.15 Å². The van der Waals surface area contributed by atoms with Crippen molar-refractivity contribution in [3.05, 3.63) is 16.5 Å². The first kappa shape index (κ1) is 17.0. The lowest BCUT2D eigenvalue weighted by molar-refractivity contribution is 0.0774. The average molecular weight is 381 g/mol. The van der Waals surface area contributed by atoms with Crippen LogP contribution in [0.15, 0.2) is 20.0 Å². The standard InChI is InChI=1S/C13H21BrN2O4S/c1-2-5-15-8-11-7-12(13(14)20-11)21(17,18)16-10-4-3-6-19-9-10/h7,10,15-16H,2-6,8-9H2,1H3. The van der Waals surface area contributed by atoms with Gasteiger partial charge in [-0.1, -0.05) is 6.92 Å². The SMILES string of the molecule is CCCNCc1cc(S(=O)(=O)NC2CCCOC2)c(Br)o1. The van der Waals surface area contributed by atoms with Crippen LogP contribution in [0.4, 0.5) is 0 Å². The molecule has 0 bridgehead atoms. The van der Waals surface area contributed by atoms with E-state index in [1.54, 1.807) is 6.07 Å². The minimum Gasteiger partial charge on any atom is -0.452 e. The molecule has 1 aromatic rings. The van der Waals surface area contributed by atoms with E-state index in [0.29, 0.717) is 25.5 Å². The zero-order valence-corrected chi connectivity index (χ0v) is 14.4. The minimum atomic E-state index is -3.60. The zero-order valence-electron chi connectivity index (χ0n) is 12.0. The van der Waals surface area contributed by atoms with Crippen LogP contribution in [0.5, 0.6) is 0 Å². The van der Waals surface area contributed by atoms with Crippen molar-refractivity contribution in [2.24, 2.45) is 0 Å². The van der Waals surface area contributed by atoms with Crippen molar-refractivity contribution in [2.75, 3.05) is 19.8 Å². The number of nitrogens with one attached hydrogen (secondary N) is 2. The molecule has 1 atom stereocenters. The summed E-state index contributed by atoms with van der Waals surface area (Å²) in [5, 5.41) is 3.17. The summed E-state index contributed by atoms with van der Waals surface area (Å²) in [7, 11) is -3.60. The Bertz CT molecular complexity index is 553. The molecule has 0 spiro atoms. The van der Waals surface area contributed by atoms with E-state index < -0.39 is 10.0 Å². The van der Waals surface area contributed by atoms with Gasteiger partial charge in [0, 0.05) is 18.7 Å². The smallest absolute Gasteiger partial charge is 0.245 e. The molecule has 8 heteroatoms. The van der Waals surface area contributed by atoms with Crippen LogP contribution in [-0.2, 0) is 21.3 Å². The van der Waals surface area contributed by atoms with Crippen molar-refractivity contribution in [1.29, 1.82) is 0 Å². The summed E-state index contributed by atoms with van der Waals surface area (Å²) in [6.07, 6.45) is 2.67. The van der Waals surface area contributed by atoms with E-state index in [1.165, 1.54) is 0 Å². The molecule has 0 amide bonds. The van der Waals surface area contributed by atoms with Gasteiger partial charge in [-0.3, -0.25) is 0 Å². The average Bonchev–Trinajstić information content (AvgIpc) is 2.82. The van der Waals surface area contributed by atoms with E-state index in [2.05, 4.69) is 32.9 Å². The van der Waals surface area contributed by atoms with Crippen molar-refractivity contribution in [3.63, 3.8) is 0 Å². The first-order valence-corrected chi connectivity index (χ1v) is 9.39. The topological polar surface area (TPSA) is 80.6 Å². The molecule has 2 rings (SSSR count). The number of sulfonamides is 1. The molecule has 6 nitrogen and oxygen atoms in total. The van der Waals surface area contributed by atoms with Crippen molar-refractivity contribution >= 4 is 26.0 Å². The highest BCUT2D eigenvalue weighted by Crippen LogP contribution is 2.26. The Morgan fingerprint density at radius 3 is 2.95 bits per heavy atom. The van der Waals surface area contributed by atoms with Gasteiger partial charge in [0.15, 0.2) is 4.67 Å². The third-order valence-corrected chi connectivity index (χ3v) is 5.58. The first-order chi connectivity index (χ1) is 10.0. The maximum absolute atomic E-state index is 12.4. The highest BCUT2D eigenvalue weighted by atomic mass is 79.9. The zero-order chi connectivity index (χ0) is 15.3. The summed E-state index contributed by atoms with van der Waals surface area (Å²) in [6, 6.07) is 1.38. The number of halogens is 1. The predicted octanol–water partition coefficient (Wildman–Crippen LogP) is 2.00. The second-order valence-corrected chi connectivity index (χ2v) is 7.47. The van der Waals surface area contributed by atoms with Gasteiger partial charge in [-0.25, -0.2) is 13.1 Å². The predicted molar refractivity (Wildman–Crippen MR) is 82.6 cm³/mol. The van der Waals surface area contributed by atoms with Crippen LogP contribution in [0.2, 0.25) is 0 Å². The van der Waals surface area contributed by atoms with Gasteiger partial charge in [0.1, 0.15) is 10.7 Å². The molecule has 21 heavy (non-hydrogen) atoms. The van der Waals surface area contributed by atoms with E-state index in [0.717, 1.165) is 25.8 Å². The number of furan rings is 1. The molecule has 1 aliphatic heterocycles. The van der Waals surface area contributed by atoms with Crippen molar-refractivity contribution in [2.45, 2.75) is 43.7 Å². The van der Waals surface area contributed by atoms with E-state index >= 15 is 0 Å². The molecule has 0 aliphatic carbocycles. The molecular weight excluding hydrogens is 360 g/mol. The van der Waals surface area contributed by atoms with Crippen LogP contribution in [0.1, 0.15) is 31.9 Å². The van der Waals surface area contributed by atoms with E-state index in [9.17, 15) is 8.42 Å². The molecule has 1 saturated heterocycles. The Kier molecular flexibility index (Phi) is 6.24. The fraction of sp³-hybridized carbons (Fsp3) is 0.692. The molecule has 2 heterocycles. The quantitative estimate of drug-likeness (QED) is 0.707. The Morgan fingerprint density at radius 2 is 2.29 bits per heavy atom. The molecule has 120 valence electrons. The van der Waals surface area contributed by atoms with Crippen LogP contribution in [-0.4, -0.2) is 34.2 Å². The maximum atomic E-state index is 12.4. The fourth-order valence-corrected chi connectivity index (χ4v) is 4.43. The van der Waals surface area contributed by atoms with Crippen LogP contribution >= 0.6 is 15.9 Å². The molecule has 1 aromatic heterocycles. The normalized spacial score (nSPS) is 19.8. The molecule has 0 aromatic carbocycles. The Morgan fingerprint density at radius 1 is 1.48 bits per heavy atom. The van der Waals surface area contributed by atoms with Gasteiger partial charge < -0.3 is 14.5 Å². The number of ether oxygens (including phenoxy) is 1. The van der Waals surface area contributed by atoms with Crippen molar-refractivity contribution in [1.82, 2.24) is 10.0 Å². The fourth-order valence-electron chi connectivity index (χ4n) is 2.17. The monoisotopic (exact) mass is 380 g/mol. The minimum absolute atomic E-state index is 0.140. The molecule has 0 radical (unpaired) electrons. The summed E-state index contributed by atoms with van der Waals surface area (Å²) in [5.41, 5.74) is 0. The highest BCUT2D eigenvalue weighted by Gasteiger charge is 2.26. The number of hydrogen-bond acceptors (Lipinski definition) is 5. The van der Waals surface area contributed by atoms with Gasteiger partial charge in [0.2, 0.25) is 10.0 Å². The van der Waals surface area contributed by atoms with Gasteiger partial charge in [-0.05, 0) is 41.7 Å². The van der Waals surface area contributed by atoms with Crippen LogP contribution in [0.25, 0.3) is 0 Å². The summed E-state index contributed by atoms with van der Waals surface area (Å²) in [6.45, 7) is 4.55. The molecular formula is C13H21BrN2O4S. The molecule has 1 aliphatic rings. The molecule has 1 unspecified atom stereocenters. The molecule has 1 fully saturated rings. The van der Waals surface area contributed by atoms with Crippen LogP contribution < -0.4 is 10.0 Å². The summed E-state index contributed by atoms with van der Waals surface area (Å²) in [4.78, 5) is 0.140. The van der Waals surface area contributed by atoms with E-state index in [-0.39, 0.29) is 15.6 Å². The third-order valence-electron chi connectivity index (χ3n) is 3.20.